The summed E-state index contributed by atoms with van der Waals surface area (Å²) in [4.78, 5) is 12.9. The highest BCUT2D eigenvalue weighted by Gasteiger charge is 2.16. The van der Waals surface area contributed by atoms with Crippen molar-refractivity contribution in [3.8, 4) is 0 Å². The number of sulfonamides is 1. The van der Waals surface area contributed by atoms with E-state index in [4.69, 9.17) is 0 Å². The number of rotatable bonds is 7. The first-order valence-electron chi connectivity index (χ1n) is 9.88. The molecule has 0 radical (unpaired) electrons. The molecule has 0 saturated heterocycles. The van der Waals surface area contributed by atoms with Gasteiger partial charge in [0.25, 0.3) is 15.9 Å². The lowest BCUT2D eigenvalue weighted by atomic mass is 10.0. The first kappa shape index (κ1) is 21.6. The Balaban J connectivity index is 1.72. The molecule has 0 saturated carbocycles. The van der Waals surface area contributed by atoms with Gasteiger partial charge in [-0.25, -0.2) is 8.42 Å². The molecular formula is C24H26N2O3S. The van der Waals surface area contributed by atoms with E-state index in [0.29, 0.717) is 11.3 Å². The minimum Gasteiger partial charge on any atom is -0.346 e. The molecule has 0 aliphatic heterocycles. The van der Waals surface area contributed by atoms with Crippen LogP contribution >= 0.6 is 0 Å². The zero-order chi connectivity index (χ0) is 21.7. The number of carbonyl (C=O) groups is 1. The molecule has 156 valence electrons. The van der Waals surface area contributed by atoms with Gasteiger partial charge in [-0.05, 0) is 61.7 Å². The Kier molecular flexibility index (Phi) is 6.57. The van der Waals surface area contributed by atoms with Crippen molar-refractivity contribution in [3.63, 3.8) is 0 Å². The Morgan fingerprint density at radius 2 is 1.63 bits per heavy atom. The van der Waals surface area contributed by atoms with Crippen LogP contribution in [-0.4, -0.2) is 14.3 Å². The second-order valence-electron chi connectivity index (χ2n) is 7.29. The molecular weight excluding hydrogens is 396 g/mol. The second-order valence-corrected chi connectivity index (χ2v) is 8.97. The minimum absolute atomic E-state index is 0.170. The van der Waals surface area contributed by atoms with Gasteiger partial charge in [-0.2, -0.15) is 0 Å². The van der Waals surface area contributed by atoms with E-state index >= 15 is 0 Å². The van der Waals surface area contributed by atoms with E-state index in [2.05, 4.69) is 29.1 Å². The predicted molar refractivity (Wildman–Crippen MR) is 120 cm³/mol. The second kappa shape index (κ2) is 9.13. The number of amides is 1. The van der Waals surface area contributed by atoms with Gasteiger partial charge in [0, 0.05) is 11.3 Å². The van der Waals surface area contributed by atoms with Crippen LogP contribution in [0.25, 0.3) is 0 Å². The van der Waals surface area contributed by atoms with E-state index in [0.717, 1.165) is 17.5 Å². The average Bonchev–Trinajstić information content (AvgIpc) is 2.74. The number of hydrogen-bond acceptors (Lipinski definition) is 3. The Labute approximate surface area is 178 Å². The molecule has 0 aliphatic rings. The first-order chi connectivity index (χ1) is 14.3. The number of anilines is 1. The van der Waals surface area contributed by atoms with Crippen molar-refractivity contribution >= 4 is 21.6 Å². The molecule has 3 rings (SSSR count). The normalized spacial score (nSPS) is 12.2. The molecule has 6 heteroatoms. The van der Waals surface area contributed by atoms with Gasteiger partial charge in [-0.1, -0.05) is 55.0 Å². The van der Waals surface area contributed by atoms with Gasteiger partial charge in [0.05, 0.1) is 10.9 Å². The Hall–Kier alpha value is -3.12. The van der Waals surface area contributed by atoms with Crippen LogP contribution in [0.5, 0.6) is 0 Å². The Morgan fingerprint density at radius 3 is 2.27 bits per heavy atom. The number of aryl methyl sites for hydroxylation is 2. The summed E-state index contributed by atoms with van der Waals surface area (Å²) in [5.74, 6) is -0.265. The highest BCUT2D eigenvalue weighted by atomic mass is 32.2. The van der Waals surface area contributed by atoms with Crippen LogP contribution in [0.4, 0.5) is 5.69 Å². The van der Waals surface area contributed by atoms with Crippen molar-refractivity contribution in [2.45, 2.75) is 38.1 Å². The van der Waals surface area contributed by atoms with Gasteiger partial charge in [0.15, 0.2) is 0 Å². The highest BCUT2D eigenvalue weighted by molar-refractivity contribution is 7.92. The zero-order valence-electron chi connectivity index (χ0n) is 17.3. The molecule has 0 unspecified atom stereocenters. The fourth-order valence-electron chi connectivity index (χ4n) is 3.06. The number of carbonyl (C=O) groups excluding carboxylic acids is 1. The van der Waals surface area contributed by atoms with Crippen molar-refractivity contribution in [1.82, 2.24) is 5.32 Å². The molecule has 5 nitrogen and oxygen atoms in total. The number of hydrogen-bond donors (Lipinski definition) is 2. The molecule has 0 aliphatic carbocycles. The van der Waals surface area contributed by atoms with Crippen LogP contribution < -0.4 is 10.0 Å². The lowest BCUT2D eigenvalue weighted by Gasteiger charge is -2.15. The van der Waals surface area contributed by atoms with E-state index in [9.17, 15) is 13.2 Å². The van der Waals surface area contributed by atoms with Crippen molar-refractivity contribution in [2.24, 2.45) is 0 Å². The topological polar surface area (TPSA) is 75.3 Å². The van der Waals surface area contributed by atoms with E-state index in [1.54, 1.807) is 42.5 Å². The van der Waals surface area contributed by atoms with Gasteiger partial charge < -0.3 is 5.32 Å². The minimum atomic E-state index is -3.73. The van der Waals surface area contributed by atoms with E-state index in [1.165, 1.54) is 11.6 Å². The maximum atomic E-state index is 12.7. The monoisotopic (exact) mass is 422 g/mol. The molecule has 0 aromatic heterocycles. The summed E-state index contributed by atoms with van der Waals surface area (Å²) >= 11 is 0. The van der Waals surface area contributed by atoms with E-state index in [1.807, 2.05) is 26.0 Å². The first-order valence-corrected chi connectivity index (χ1v) is 11.4. The van der Waals surface area contributed by atoms with Gasteiger partial charge >= 0.3 is 0 Å². The van der Waals surface area contributed by atoms with Crippen LogP contribution in [0.15, 0.2) is 77.7 Å². The molecule has 0 heterocycles. The van der Waals surface area contributed by atoms with Crippen LogP contribution in [0, 0.1) is 6.92 Å². The molecule has 1 amide bonds. The van der Waals surface area contributed by atoms with Gasteiger partial charge in [-0.3, -0.25) is 9.52 Å². The summed E-state index contributed by atoms with van der Waals surface area (Å²) in [5, 5.41) is 2.96. The third-order valence-corrected chi connectivity index (χ3v) is 6.34. The number of nitrogens with one attached hydrogen (secondary N) is 2. The molecule has 3 aromatic rings. The van der Waals surface area contributed by atoms with E-state index < -0.39 is 10.0 Å². The molecule has 0 spiro atoms. The largest absolute Gasteiger partial charge is 0.346 e. The lowest BCUT2D eigenvalue weighted by molar-refractivity contribution is 0.0940. The summed E-state index contributed by atoms with van der Waals surface area (Å²) in [6.45, 7) is 5.91. The van der Waals surface area contributed by atoms with Crippen molar-refractivity contribution < 1.29 is 13.2 Å². The zero-order valence-corrected chi connectivity index (χ0v) is 18.2. The summed E-state index contributed by atoms with van der Waals surface area (Å²) in [6.07, 6.45) is 0.965. The predicted octanol–water partition coefficient (Wildman–Crippen LogP) is 4.85. The Bertz CT molecular complexity index is 1120. The fourth-order valence-corrected chi connectivity index (χ4v) is 4.11. The fraction of sp³-hybridized carbons (Fsp3) is 0.208. The lowest BCUT2D eigenvalue weighted by Crippen LogP contribution is -2.26. The molecule has 30 heavy (non-hydrogen) atoms. The third-order valence-electron chi connectivity index (χ3n) is 4.94. The standard InChI is InChI=1S/C24H26N2O3S/c1-4-19-10-12-20(13-11-19)18(3)25-24(27)21-6-5-7-22(16-21)26-30(28,29)23-14-8-17(2)9-15-23/h5-16,18,26H,4H2,1-3H3,(H,25,27)/t18-/m0/s1. The number of benzene rings is 3. The summed E-state index contributed by atoms with van der Waals surface area (Å²) in [5.41, 5.74) is 3.95. The molecule has 1 atom stereocenters. The summed E-state index contributed by atoms with van der Waals surface area (Å²) in [6, 6.07) is 21.0. The van der Waals surface area contributed by atoms with Gasteiger partial charge in [0.1, 0.15) is 0 Å². The van der Waals surface area contributed by atoms with Crippen LogP contribution in [-0.2, 0) is 16.4 Å². The average molecular weight is 423 g/mol. The Morgan fingerprint density at radius 1 is 0.967 bits per heavy atom. The van der Waals surface area contributed by atoms with Crippen LogP contribution in [0.1, 0.15) is 46.9 Å². The molecule has 3 aromatic carbocycles. The highest BCUT2D eigenvalue weighted by Crippen LogP contribution is 2.19. The SMILES string of the molecule is CCc1ccc([C@H](C)NC(=O)c2cccc(NS(=O)(=O)c3ccc(C)cc3)c2)cc1. The molecule has 0 fully saturated rings. The van der Waals surface area contributed by atoms with Crippen molar-refractivity contribution in [1.29, 1.82) is 0 Å². The van der Waals surface area contributed by atoms with Crippen LogP contribution in [0.2, 0.25) is 0 Å². The molecule has 0 bridgehead atoms. The smallest absolute Gasteiger partial charge is 0.261 e. The van der Waals surface area contributed by atoms with E-state index in [-0.39, 0.29) is 16.8 Å². The van der Waals surface area contributed by atoms with Gasteiger partial charge in [0.2, 0.25) is 0 Å². The van der Waals surface area contributed by atoms with Crippen LogP contribution in [0.3, 0.4) is 0 Å². The van der Waals surface area contributed by atoms with Gasteiger partial charge in [-0.15, -0.1) is 0 Å². The summed E-state index contributed by atoms with van der Waals surface area (Å²) < 4.78 is 27.7. The quantitative estimate of drug-likeness (QED) is 0.572. The third kappa shape index (κ3) is 5.27. The maximum Gasteiger partial charge on any atom is 0.261 e. The maximum absolute atomic E-state index is 12.7. The van der Waals surface area contributed by atoms with Crippen molar-refractivity contribution in [2.75, 3.05) is 4.72 Å². The summed E-state index contributed by atoms with van der Waals surface area (Å²) in [7, 11) is -3.73. The molecule has 2 N–H and O–H groups in total. The van der Waals surface area contributed by atoms with Crippen molar-refractivity contribution in [3.05, 3.63) is 95.1 Å².